The molecule has 2 amide bonds. The molecule has 0 bridgehead atoms. The highest BCUT2D eigenvalue weighted by Gasteiger charge is 2.29. The van der Waals surface area contributed by atoms with E-state index in [4.69, 9.17) is 32.7 Å². The molecule has 0 saturated heterocycles. The summed E-state index contributed by atoms with van der Waals surface area (Å²) < 4.78 is 11.4. The van der Waals surface area contributed by atoms with Crippen LogP contribution in [0.25, 0.3) is 0 Å². The fourth-order valence-corrected chi connectivity index (χ4v) is 4.89. The van der Waals surface area contributed by atoms with Crippen LogP contribution < -0.4 is 20.2 Å². The van der Waals surface area contributed by atoms with Gasteiger partial charge in [0.1, 0.15) is 12.6 Å². The Morgan fingerprint density at radius 2 is 1.47 bits per heavy atom. The van der Waals surface area contributed by atoms with Gasteiger partial charge in [-0.3, -0.25) is 9.59 Å². The molecule has 0 aromatic heterocycles. The molecule has 7 nitrogen and oxygen atoms in total. The summed E-state index contributed by atoms with van der Waals surface area (Å²) in [5, 5.41) is 8.02. The zero-order chi connectivity index (χ0) is 30.8. The number of ether oxygens (including phenoxy) is 2. The lowest BCUT2D eigenvalue weighted by molar-refractivity contribution is -0.130. The van der Waals surface area contributed by atoms with Crippen molar-refractivity contribution in [2.24, 2.45) is 11.0 Å². The van der Waals surface area contributed by atoms with Crippen LogP contribution in [0.2, 0.25) is 10.0 Å². The van der Waals surface area contributed by atoms with E-state index in [1.165, 1.54) is 13.3 Å². The van der Waals surface area contributed by atoms with Crippen molar-refractivity contribution < 1.29 is 19.1 Å². The van der Waals surface area contributed by atoms with Crippen molar-refractivity contribution in [2.45, 2.75) is 32.4 Å². The molecule has 4 aromatic carbocycles. The lowest BCUT2D eigenvalue weighted by Crippen LogP contribution is -2.50. The van der Waals surface area contributed by atoms with Crippen LogP contribution in [0.15, 0.2) is 102 Å². The number of halogens is 2. The number of nitrogens with zero attached hydrogens (tertiary/aromatic N) is 1. The van der Waals surface area contributed by atoms with Gasteiger partial charge in [0.15, 0.2) is 11.5 Å². The first-order valence-electron chi connectivity index (χ1n) is 13.7. The molecule has 4 rings (SSSR count). The van der Waals surface area contributed by atoms with E-state index >= 15 is 0 Å². The molecule has 0 saturated carbocycles. The molecule has 0 unspecified atom stereocenters. The van der Waals surface area contributed by atoms with E-state index in [2.05, 4.69) is 15.8 Å². The maximum atomic E-state index is 13.6. The zero-order valence-electron chi connectivity index (χ0n) is 24.1. The van der Waals surface area contributed by atoms with Gasteiger partial charge in [-0.2, -0.15) is 5.10 Å². The molecule has 0 heterocycles. The van der Waals surface area contributed by atoms with Crippen molar-refractivity contribution in [1.82, 2.24) is 10.7 Å². The minimum Gasteiger partial charge on any atom is -0.493 e. The van der Waals surface area contributed by atoms with E-state index in [9.17, 15) is 9.59 Å². The van der Waals surface area contributed by atoms with E-state index in [-0.39, 0.29) is 18.4 Å². The Labute approximate surface area is 261 Å². The summed E-state index contributed by atoms with van der Waals surface area (Å²) >= 11 is 12.5. The van der Waals surface area contributed by atoms with Gasteiger partial charge in [0.25, 0.3) is 5.91 Å². The molecule has 0 fully saturated rings. The summed E-state index contributed by atoms with van der Waals surface area (Å²) in [4.78, 5) is 26.8. The number of hydrogen-bond acceptors (Lipinski definition) is 5. The van der Waals surface area contributed by atoms with Crippen LogP contribution in [-0.4, -0.2) is 31.2 Å². The first kappa shape index (κ1) is 31.6. The van der Waals surface area contributed by atoms with E-state index < -0.39 is 17.9 Å². The van der Waals surface area contributed by atoms with Crippen molar-refractivity contribution in [3.05, 3.63) is 129 Å². The highest BCUT2D eigenvalue weighted by molar-refractivity contribution is 6.32. The second-order valence-electron chi connectivity index (χ2n) is 10.2. The van der Waals surface area contributed by atoms with Crippen LogP contribution in [0, 0.1) is 5.92 Å². The Morgan fingerprint density at radius 1 is 0.860 bits per heavy atom. The largest absolute Gasteiger partial charge is 0.493 e. The van der Waals surface area contributed by atoms with E-state index in [1.807, 2.05) is 86.6 Å². The first-order chi connectivity index (χ1) is 20.8. The maximum Gasteiger partial charge on any atom is 0.262 e. The molecule has 0 radical (unpaired) electrons. The van der Waals surface area contributed by atoms with E-state index in [0.717, 1.165) is 16.7 Å². The molecule has 222 valence electrons. The van der Waals surface area contributed by atoms with Gasteiger partial charge in [-0.15, -0.1) is 0 Å². The normalized spacial score (nSPS) is 11.9. The molecule has 0 aliphatic carbocycles. The fraction of sp³-hybridized carbons (Fsp3) is 0.206. The molecule has 9 heteroatoms. The summed E-state index contributed by atoms with van der Waals surface area (Å²) in [5.41, 5.74) is 5.71. The van der Waals surface area contributed by atoms with Crippen LogP contribution in [0.4, 0.5) is 0 Å². The molecule has 43 heavy (non-hydrogen) atoms. The quantitative estimate of drug-likeness (QED) is 0.132. The van der Waals surface area contributed by atoms with Crippen molar-refractivity contribution in [3.63, 3.8) is 0 Å². The number of carbonyl (C=O) groups excluding carboxylic acids is 2. The van der Waals surface area contributed by atoms with Crippen molar-refractivity contribution in [2.75, 3.05) is 7.11 Å². The number of carbonyl (C=O) groups is 2. The molecule has 4 aromatic rings. The lowest BCUT2D eigenvalue weighted by Gasteiger charge is -2.24. The molecular weight excluding hydrogens is 585 g/mol. The Kier molecular flexibility index (Phi) is 11.2. The third kappa shape index (κ3) is 8.60. The van der Waals surface area contributed by atoms with Crippen LogP contribution in [0.5, 0.6) is 11.5 Å². The summed E-state index contributed by atoms with van der Waals surface area (Å²) in [6.07, 6.45) is 1.45. The van der Waals surface area contributed by atoms with Crippen LogP contribution >= 0.6 is 23.2 Å². The maximum absolute atomic E-state index is 13.6. The predicted octanol–water partition coefficient (Wildman–Crippen LogP) is 7.00. The van der Waals surface area contributed by atoms with Crippen LogP contribution in [0.3, 0.4) is 0 Å². The summed E-state index contributed by atoms with van der Waals surface area (Å²) in [6.45, 7) is 4.00. The molecule has 0 aliphatic heterocycles. The number of hydrazone groups is 1. The van der Waals surface area contributed by atoms with Crippen LogP contribution in [0.1, 0.15) is 42.0 Å². The highest BCUT2D eigenvalue weighted by atomic mass is 35.5. The average molecular weight is 619 g/mol. The first-order valence-corrected chi connectivity index (χ1v) is 14.5. The number of benzene rings is 4. The van der Waals surface area contributed by atoms with Crippen LogP contribution in [-0.2, 0) is 16.2 Å². The summed E-state index contributed by atoms with van der Waals surface area (Å²) in [5.74, 6) is -0.696. The monoisotopic (exact) mass is 617 g/mol. The van der Waals surface area contributed by atoms with Gasteiger partial charge in [-0.25, -0.2) is 5.43 Å². The second kappa shape index (κ2) is 15.2. The summed E-state index contributed by atoms with van der Waals surface area (Å²) in [7, 11) is 1.51. The van der Waals surface area contributed by atoms with E-state index in [1.54, 1.807) is 24.3 Å². The minimum atomic E-state index is -0.818. The van der Waals surface area contributed by atoms with Gasteiger partial charge in [0, 0.05) is 5.02 Å². The van der Waals surface area contributed by atoms with Crippen molar-refractivity contribution in [3.8, 4) is 11.5 Å². The smallest absolute Gasteiger partial charge is 0.262 e. The minimum absolute atomic E-state index is 0.196. The fourth-order valence-electron chi connectivity index (χ4n) is 4.49. The number of rotatable bonds is 12. The lowest BCUT2D eigenvalue weighted by atomic mass is 9.89. The summed E-state index contributed by atoms with van der Waals surface area (Å²) in [6, 6.07) is 28.8. The van der Waals surface area contributed by atoms with Crippen molar-refractivity contribution >= 4 is 41.2 Å². The number of amides is 2. The topological polar surface area (TPSA) is 89.0 Å². The van der Waals surface area contributed by atoms with Gasteiger partial charge in [-0.05, 0) is 52.4 Å². The van der Waals surface area contributed by atoms with Gasteiger partial charge in [-0.1, -0.05) is 110 Å². The second-order valence-corrected chi connectivity index (χ2v) is 11.0. The Morgan fingerprint density at radius 3 is 2.02 bits per heavy atom. The van der Waals surface area contributed by atoms with Gasteiger partial charge < -0.3 is 14.8 Å². The third-order valence-corrected chi connectivity index (χ3v) is 7.24. The standard InChI is InChI=1S/C34H33Cl2N3O4/c1-22(2)31(38-33(40)30(25-10-6-4-7-11-25)26-12-8-5-9-13-26)34(41)39-37-20-24-18-28(36)32(29(19-24)42-3)43-21-23-14-16-27(35)17-15-23/h4-20,22,30-31H,21H2,1-3H3,(H,38,40)(H,39,41)/b37-20-/t31-/m1/s1. The van der Waals surface area contributed by atoms with Gasteiger partial charge >= 0.3 is 0 Å². The Bertz CT molecular complexity index is 1510. The molecule has 1 atom stereocenters. The highest BCUT2D eigenvalue weighted by Crippen LogP contribution is 2.36. The zero-order valence-corrected chi connectivity index (χ0v) is 25.6. The number of nitrogens with one attached hydrogen (secondary N) is 2. The predicted molar refractivity (Wildman–Crippen MR) is 171 cm³/mol. The van der Waals surface area contributed by atoms with Gasteiger partial charge in [0.2, 0.25) is 5.91 Å². The molecule has 2 N–H and O–H groups in total. The number of hydrogen-bond donors (Lipinski definition) is 2. The third-order valence-electron chi connectivity index (χ3n) is 6.71. The van der Waals surface area contributed by atoms with Crippen molar-refractivity contribution in [1.29, 1.82) is 0 Å². The van der Waals surface area contributed by atoms with E-state index in [0.29, 0.717) is 27.1 Å². The average Bonchev–Trinajstić information content (AvgIpc) is 3.01. The Balaban J connectivity index is 1.44. The molecular formula is C34H33Cl2N3O4. The van der Waals surface area contributed by atoms with Gasteiger partial charge in [0.05, 0.1) is 24.3 Å². The molecule has 0 spiro atoms. The number of methoxy groups -OCH3 is 1. The molecule has 0 aliphatic rings. The Hall–Kier alpha value is -4.33. The SMILES string of the molecule is COc1cc(/C=N\NC(=O)[C@H](NC(=O)C(c2ccccc2)c2ccccc2)C(C)C)cc(Cl)c1OCc1ccc(Cl)cc1.